The van der Waals surface area contributed by atoms with Gasteiger partial charge >= 0.3 is 11.5 Å². The molecule has 0 rings (SSSR count). The Bertz CT molecular complexity index is 207. The number of rotatable bonds is 1. The summed E-state index contributed by atoms with van der Waals surface area (Å²) in [5.74, 6) is 0. The topological polar surface area (TPSA) is 74.2 Å². The highest BCUT2D eigenvalue weighted by molar-refractivity contribution is 7.98. The van der Waals surface area contributed by atoms with Crippen molar-refractivity contribution in [3.63, 3.8) is 0 Å². The first kappa shape index (κ1) is 11.9. The van der Waals surface area contributed by atoms with Crippen LogP contribution in [0, 0.1) is 5.41 Å². The van der Waals surface area contributed by atoms with Crippen LogP contribution in [-0.2, 0) is 4.74 Å². The Morgan fingerprint density at radius 1 is 1.54 bits per heavy atom. The molecule has 5 nitrogen and oxygen atoms in total. The number of amidine groups is 1. The fraction of sp³-hybridized carbons (Fsp3) is 0.500. The monoisotopic (exact) mass is 217 g/mol. The van der Waals surface area contributed by atoms with Crippen LogP contribution in [0.2, 0.25) is 0 Å². The van der Waals surface area contributed by atoms with Crippen molar-refractivity contribution in [2.24, 2.45) is 0 Å². The van der Waals surface area contributed by atoms with E-state index in [0.717, 1.165) is 7.11 Å². The molecular formula is C4H6F3N3O2S. The Kier molecular flexibility index (Phi) is 4.38. The van der Waals surface area contributed by atoms with Crippen LogP contribution in [0.4, 0.5) is 18.0 Å². The van der Waals surface area contributed by atoms with Gasteiger partial charge in [-0.25, -0.2) is 4.79 Å². The number of urea groups is 1. The molecule has 0 radical (unpaired) electrons. The van der Waals surface area contributed by atoms with Crippen LogP contribution in [0.5, 0.6) is 0 Å². The molecule has 0 fully saturated rings. The van der Waals surface area contributed by atoms with Crippen LogP contribution < -0.4 is 10.0 Å². The molecule has 0 aromatic rings. The maximum Gasteiger partial charge on any atom is 0.461 e. The molecule has 0 saturated carbocycles. The van der Waals surface area contributed by atoms with Gasteiger partial charge in [-0.1, -0.05) is 0 Å². The number of ether oxygens (including phenoxy) is 1. The lowest BCUT2D eigenvalue weighted by molar-refractivity contribution is -0.0333. The molecule has 0 atom stereocenters. The third kappa shape index (κ3) is 7.25. The molecule has 0 heterocycles. The van der Waals surface area contributed by atoms with Crippen LogP contribution in [0.3, 0.4) is 0 Å². The van der Waals surface area contributed by atoms with E-state index in [-0.39, 0.29) is 0 Å². The van der Waals surface area contributed by atoms with E-state index in [1.54, 1.807) is 5.32 Å². The smallest absolute Gasteiger partial charge is 0.461 e. The molecule has 0 spiro atoms. The van der Waals surface area contributed by atoms with Crippen molar-refractivity contribution in [1.82, 2.24) is 10.0 Å². The average molecular weight is 217 g/mol. The first-order valence-electron chi connectivity index (χ1n) is 2.79. The predicted molar refractivity (Wildman–Crippen MR) is 40.0 cm³/mol. The highest BCUT2D eigenvalue weighted by atomic mass is 32.2. The second-order valence-electron chi connectivity index (χ2n) is 1.64. The molecule has 0 bridgehead atoms. The van der Waals surface area contributed by atoms with Gasteiger partial charge in [0.2, 0.25) is 0 Å². The summed E-state index contributed by atoms with van der Waals surface area (Å²) in [6.07, 6.45) is 0. The molecule has 0 aliphatic rings. The Morgan fingerprint density at radius 2 is 2.08 bits per heavy atom. The molecule has 3 N–H and O–H groups in total. The van der Waals surface area contributed by atoms with Gasteiger partial charge in [-0.2, -0.15) is 13.2 Å². The molecule has 0 aliphatic carbocycles. The summed E-state index contributed by atoms with van der Waals surface area (Å²) in [6, 6.07) is -1.81. The molecule has 0 saturated heterocycles. The van der Waals surface area contributed by atoms with Crippen molar-refractivity contribution in [2.45, 2.75) is 5.51 Å². The lowest BCUT2D eigenvalue weighted by Crippen LogP contribution is -2.37. The lowest BCUT2D eigenvalue weighted by atomic mass is 10.9. The van der Waals surface area contributed by atoms with Crippen molar-refractivity contribution in [2.75, 3.05) is 7.11 Å². The molecule has 2 amide bonds. The van der Waals surface area contributed by atoms with Crippen molar-refractivity contribution < 1.29 is 22.7 Å². The number of methoxy groups -OCH3 is 1. The van der Waals surface area contributed by atoms with E-state index in [0.29, 0.717) is 0 Å². The molecule has 0 aromatic carbocycles. The van der Waals surface area contributed by atoms with Gasteiger partial charge in [0.15, 0.2) is 0 Å². The van der Waals surface area contributed by atoms with E-state index in [4.69, 9.17) is 5.41 Å². The van der Waals surface area contributed by atoms with Crippen LogP contribution in [0.25, 0.3) is 0 Å². The zero-order chi connectivity index (χ0) is 10.5. The number of halogens is 3. The number of hydrogen-bond acceptors (Lipinski definition) is 4. The zero-order valence-electron chi connectivity index (χ0n) is 6.36. The van der Waals surface area contributed by atoms with E-state index >= 15 is 0 Å². The Morgan fingerprint density at radius 3 is 2.46 bits per heavy atom. The van der Waals surface area contributed by atoms with Gasteiger partial charge < -0.3 is 4.74 Å². The first-order valence-corrected chi connectivity index (χ1v) is 3.61. The number of carbonyl (C=O) groups is 1. The quantitative estimate of drug-likeness (QED) is 0.349. The molecule has 0 aliphatic heterocycles. The van der Waals surface area contributed by atoms with Gasteiger partial charge in [0.05, 0.1) is 19.1 Å². The standard InChI is InChI=1S/C4H6F3N3O2S/c1-12-2(8)9-3(11)10-13-4(5,6)7/h1H3,(H3,8,9,10,11). The highest BCUT2D eigenvalue weighted by Crippen LogP contribution is 2.26. The minimum atomic E-state index is -4.55. The summed E-state index contributed by atoms with van der Waals surface area (Å²) in [4.78, 5) is 10.5. The minimum Gasteiger partial charge on any atom is -0.468 e. The summed E-state index contributed by atoms with van der Waals surface area (Å²) in [6.45, 7) is 0. The van der Waals surface area contributed by atoms with E-state index in [1.165, 1.54) is 4.72 Å². The van der Waals surface area contributed by atoms with Crippen LogP contribution in [0.15, 0.2) is 0 Å². The third-order valence-corrected chi connectivity index (χ3v) is 1.21. The number of hydrogen-bond donors (Lipinski definition) is 3. The van der Waals surface area contributed by atoms with Crippen LogP contribution >= 0.6 is 11.9 Å². The van der Waals surface area contributed by atoms with Gasteiger partial charge in [0.1, 0.15) is 0 Å². The fourth-order valence-corrected chi connectivity index (χ4v) is 0.543. The second kappa shape index (κ2) is 4.80. The maximum atomic E-state index is 11.5. The molecular weight excluding hydrogens is 211 g/mol. The van der Waals surface area contributed by atoms with Crippen LogP contribution in [0.1, 0.15) is 0 Å². The van der Waals surface area contributed by atoms with Gasteiger partial charge in [-0.3, -0.25) is 15.4 Å². The summed E-state index contributed by atoms with van der Waals surface area (Å²) in [5, 5.41) is 8.41. The first-order chi connectivity index (χ1) is 5.85. The SMILES string of the molecule is COC(=N)NC(=O)NSC(F)(F)F. The summed E-state index contributed by atoms with van der Waals surface area (Å²) in [7, 11) is 1.10. The van der Waals surface area contributed by atoms with Crippen molar-refractivity contribution >= 4 is 24.0 Å². The number of alkyl halides is 3. The number of carbonyl (C=O) groups excluding carboxylic acids is 1. The third-order valence-electron chi connectivity index (χ3n) is 0.691. The maximum absolute atomic E-state index is 11.5. The average Bonchev–Trinajstić information content (AvgIpc) is 1.99. The normalized spacial score (nSPS) is 10.5. The number of nitrogens with one attached hydrogen (secondary N) is 3. The van der Waals surface area contributed by atoms with Gasteiger partial charge in [-0.15, -0.1) is 0 Å². The molecule has 9 heteroatoms. The lowest BCUT2D eigenvalue weighted by Gasteiger charge is -2.07. The van der Waals surface area contributed by atoms with Crippen LogP contribution in [-0.4, -0.2) is 24.7 Å². The van der Waals surface area contributed by atoms with E-state index < -0.39 is 29.5 Å². The highest BCUT2D eigenvalue weighted by Gasteiger charge is 2.30. The van der Waals surface area contributed by atoms with Gasteiger partial charge in [-0.05, 0) is 0 Å². The molecule has 13 heavy (non-hydrogen) atoms. The minimum absolute atomic E-state index is 0.639. The summed E-state index contributed by atoms with van der Waals surface area (Å²) < 4.78 is 40.0. The molecule has 0 unspecified atom stereocenters. The molecule has 0 aromatic heterocycles. The van der Waals surface area contributed by atoms with E-state index in [1.807, 2.05) is 0 Å². The molecule has 76 valence electrons. The number of amides is 2. The van der Waals surface area contributed by atoms with E-state index in [9.17, 15) is 18.0 Å². The Balaban J connectivity index is 3.70. The van der Waals surface area contributed by atoms with Crippen molar-refractivity contribution in [1.29, 1.82) is 5.41 Å². The van der Waals surface area contributed by atoms with E-state index in [2.05, 4.69) is 4.74 Å². The summed E-state index contributed by atoms with van der Waals surface area (Å²) in [5.41, 5.74) is -4.55. The Hall–Kier alpha value is -1.12. The predicted octanol–water partition coefficient (Wildman–Crippen LogP) is 1.03. The second-order valence-corrected chi connectivity index (χ2v) is 2.51. The van der Waals surface area contributed by atoms with Crippen molar-refractivity contribution in [3.8, 4) is 0 Å². The zero-order valence-corrected chi connectivity index (χ0v) is 7.18. The van der Waals surface area contributed by atoms with Gasteiger partial charge in [0, 0.05) is 0 Å². The van der Waals surface area contributed by atoms with Crippen molar-refractivity contribution in [3.05, 3.63) is 0 Å². The largest absolute Gasteiger partial charge is 0.468 e. The fourth-order valence-electron chi connectivity index (χ4n) is 0.284. The van der Waals surface area contributed by atoms with Gasteiger partial charge in [0.25, 0.3) is 6.02 Å². The Labute approximate surface area is 75.6 Å². The summed E-state index contributed by atoms with van der Waals surface area (Å²) >= 11 is -0.720.